The lowest BCUT2D eigenvalue weighted by molar-refractivity contribution is -0.142. The van der Waals surface area contributed by atoms with Gasteiger partial charge in [0.05, 0.1) is 6.04 Å². The molecular formula is C15H23N3O3. The minimum atomic E-state index is -1.07. The van der Waals surface area contributed by atoms with Crippen LogP contribution in [0.3, 0.4) is 0 Å². The molecule has 1 amide bonds. The third-order valence-corrected chi connectivity index (χ3v) is 3.20. The summed E-state index contributed by atoms with van der Waals surface area (Å²) < 4.78 is 0. The first kappa shape index (κ1) is 17.1. The fraction of sp³-hybridized carbons (Fsp3) is 0.467. The van der Waals surface area contributed by atoms with Crippen molar-refractivity contribution in [3.63, 3.8) is 0 Å². The number of carboxylic acids is 1. The highest BCUT2D eigenvalue weighted by molar-refractivity contribution is 5.86. The standard InChI is InChI=1S/C15H23N3O3/c16-9-5-4-8-12(17)14(19)18-13(15(20)21)10-11-6-2-1-3-7-11/h1-3,6-7,12-13H,4-5,8-10,16-17H2,(H,18,19)(H,20,21)/t12-,13-/m1/s1. The number of hydrogen-bond donors (Lipinski definition) is 4. The molecule has 0 radical (unpaired) electrons. The van der Waals surface area contributed by atoms with Gasteiger partial charge >= 0.3 is 5.97 Å². The molecule has 6 N–H and O–H groups in total. The number of nitrogens with one attached hydrogen (secondary N) is 1. The molecule has 0 aliphatic rings. The molecule has 116 valence electrons. The molecule has 1 rings (SSSR count). The lowest BCUT2D eigenvalue weighted by atomic mass is 10.0. The molecule has 0 saturated heterocycles. The Labute approximate surface area is 124 Å². The van der Waals surface area contributed by atoms with Crippen LogP contribution in [0.2, 0.25) is 0 Å². The second kappa shape index (κ2) is 9.10. The van der Waals surface area contributed by atoms with Gasteiger partial charge in [0.2, 0.25) is 5.91 Å². The Kier molecular flexibility index (Phi) is 7.42. The van der Waals surface area contributed by atoms with Crippen LogP contribution in [-0.2, 0) is 16.0 Å². The molecule has 0 bridgehead atoms. The van der Waals surface area contributed by atoms with Gasteiger partial charge in [-0.2, -0.15) is 0 Å². The van der Waals surface area contributed by atoms with Crippen molar-refractivity contribution in [3.8, 4) is 0 Å². The predicted octanol–water partition coefficient (Wildman–Crippen LogP) is 0.255. The maximum absolute atomic E-state index is 11.9. The second-order valence-corrected chi connectivity index (χ2v) is 4.98. The van der Waals surface area contributed by atoms with E-state index in [0.717, 1.165) is 18.4 Å². The molecule has 2 atom stereocenters. The van der Waals surface area contributed by atoms with Crippen molar-refractivity contribution in [2.75, 3.05) is 6.54 Å². The summed E-state index contributed by atoms with van der Waals surface area (Å²) in [6, 6.07) is 7.48. The number of carbonyl (C=O) groups is 2. The highest BCUT2D eigenvalue weighted by atomic mass is 16.4. The Balaban J connectivity index is 2.54. The zero-order chi connectivity index (χ0) is 15.7. The predicted molar refractivity (Wildman–Crippen MR) is 80.6 cm³/mol. The average molecular weight is 293 g/mol. The zero-order valence-corrected chi connectivity index (χ0v) is 12.0. The molecule has 0 aliphatic carbocycles. The SMILES string of the molecule is NCCCC[C@@H](N)C(=O)N[C@H](Cc1ccccc1)C(=O)O. The van der Waals surface area contributed by atoms with Gasteiger partial charge in [0, 0.05) is 6.42 Å². The van der Waals surface area contributed by atoms with Crippen LogP contribution in [0, 0.1) is 0 Å². The normalized spacial score (nSPS) is 13.4. The highest BCUT2D eigenvalue weighted by Crippen LogP contribution is 2.05. The third kappa shape index (κ3) is 6.37. The van der Waals surface area contributed by atoms with Gasteiger partial charge < -0.3 is 21.9 Å². The van der Waals surface area contributed by atoms with Gasteiger partial charge in [-0.1, -0.05) is 36.8 Å². The van der Waals surface area contributed by atoms with E-state index in [9.17, 15) is 14.7 Å². The molecule has 0 unspecified atom stereocenters. The lowest BCUT2D eigenvalue weighted by Crippen LogP contribution is -2.49. The van der Waals surface area contributed by atoms with Crippen molar-refractivity contribution in [2.24, 2.45) is 11.5 Å². The van der Waals surface area contributed by atoms with E-state index in [-0.39, 0.29) is 6.42 Å². The van der Waals surface area contributed by atoms with Crippen molar-refractivity contribution in [2.45, 2.75) is 37.8 Å². The van der Waals surface area contributed by atoms with E-state index in [1.165, 1.54) is 0 Å². The van der Waals surface area contributed by atoms with Gasteiger partial charge in [0.25, 0.3) is 0 Å². The van der Waals surface area contributed by atoms with E-state index in [2.05, 4.69) is 5.32 Å². The Morgan fingerprint density at radius 3 is 2.43 bits per heavy atom. The van der Waals surface area contributed by atoms with E-state index in [1.54, 1.807) is 0 Å². The number of carboxylic acid groups (broad SMARTS) is 1. The van der Waals surface area contributed by atoms with Crippen molar-refractivity contribution < 1.29 is 14.7 Å². The van der Waals surface area contributed by atoms with E-state index in [4.69, 9.17) is 11.5 Å². The topological polar surface area (TPSA) is 118 Å². The van der Waals surface area contributed by atoms with Gasteiger partial charge in [0.1, 0.15) is 6.04 Å². The number of hydrogen-bond acceptors (Lipinski definition) is 4. The maximum atomic E-state index is 11.9. The molecule has 1 aromatic rings. The van der Waals surface area contributed by atoms with E-state index in [1.807, 2.05) is 30.3 Å². The van der Waals surface area contributed by atoms with E-state index < -0.39 is 24.0 Å². The quantitative estimate of drug-likeness (QED) is 0.487. The second-order valence-electron chi connectivity index (χ2n) is 4.98. The largest absolute Gasteiger partial charge is 0.480 e. The van der Waals surface area contributed by atoms with Crippen molar-refractivity contribution in [3.05, 3.63) is 35.9 Å². The first-order valence-corrected chi connectivity index (χ1v) is 7.07. The molecule has 0 aromatic heterocycles. The van der Waals surface area contributed by atoms with Gasteiger partial charge in [-0.15, -0.1) is 0 Å². The van der Waals surface area contributed by atoms with Gasteiger partial charge in [-0.3, -0.25) is 4.79 Å². The van der Waals surface area contributed by atoms with Crippen LogP contribution in [0.15, 0.2) is 30.3 Å². The summed E-state index contributed by atoms with van der Waals surface area (Å²) in [5.41, 5.74) is 12.0. The minimum absolute atomic E-state index is 0.234. The van der Waals surface area contributed by atoms with Gasteiger partial charge in [-0.25, -0.2) is 4.79 Å². The number of amides is 1. The first-order chi connectivity index (χ1) is 10.0. The fourth-order valence-corrected chi connectivity index (χ4v) is 1.97. The van der Waals surface area contributed by atoms with E-state index in [0.29, 0.717) is 13.0 Å². The van der Waals surface area contributed by atoms with Crippen molar-refractivity contribution in [1.82, 2.24) is 5.32 Å². The Bertz CT molecular complexity index is 451. The average Bonchev–Trinajstić information content (AvgIpc) is 2.47. The van der Waals surface area contributed by atoms with Crippen molar-refractivity contribution >= 4 is 11.9 Å². The van der Waals surface area contributed by atoms with Crippen LogP contribution < -0.4 is 16.8 Å². The summed E-state index contributed by atoms with van der Waals surface area (Å²) in [4.78, 5) is 23.2. The monoisotopic (exact) mass is 293 g/mol. The summed E-state index contributed by atoms with van der Waals surface area (Å²) in [7, 11) is 0. The maximum Gasteiger partial charge on any atom is 0.326 e. The van der Waals surface area contributed by atoms with Crippen LogP contribution >= 0.6 is 0 Å². The number of unbranched alkanes of at least 4 members (excludes halogenated alkanes) is 1. The summed E-state index contributed by atoms with van der Waals surface area (Å²) in [6.45, 7) is 0.556. The number of aliphatic carboxylic acids is 1. The molecule has 0 fully saturated rings. The molecule has 6 heteroatoms. The summed E-state index contributed by atoms with van der Waals surface area (Å²) in [5, 5.41) is 11.7. The number of nitrogens with two attached hydrogens (primary N) is 2. The molecule has 0 saturated carbocycles. The lowest BCUT2D eigenvalue weighted by Gasteiger charge is -2.18. The Morgan fingerprint density at radius 1 is 1.19 bits per heavy atom. The van der Waals surface area contributed by atoms with Crippen LogP contribution in [0.4, 0.5) is 0 Å². The van der Waals surface area contributed by atoms with Crippen LogP contribution in [0.5, 0.6) is 0 Å². The molecule has 0 spiro atoms. The van der Waals surface area contributed by atoms with Crippen molar-refractivity contribution in [1.29, 1.82) is 0 Å². The molecule has 21 heavy (non-hydrogen) atoms. The van der Waals surface area contributed by atoms with Crippen LogP contribution in [0.1, 0.15) is 24.8 Å². The molecular weight excluding hydrogens is 270 g/mol. The summed E-state index contributed by atoms with van der Waals surface area (Å²) in [6.07, 6.45) is 2.28. The summed E-state index contributed by atoms with van der Waals surface area (Å²) >= 11 is 0. The Morgan fingerprint density at radius 2 is 1.86 bits per heavy atom. The smallest absolute Gasteiger partial charge is 0.326 e. The fourth-order valence-electron chi connectivity index (χ4n) is 1.97. The molecule has 6 nitrogen and oxygen atoms in total. The highest BCUT2D eigenvalue weighted by Gasteiger charge is 2.23. The Hall–Kier alpha value is -1.92. The molecule has 1 aromatic carbocycles. The van der Waals surface area contributed by atoms with Crippen LogP contribution in [0.25, 0.3) is 0 Å². The van der Waals surface area contributed by atoms with Gasteiger partial charge in [0.15, 0.2) is 0 Å². The third-order valence-electron chi connectivity index (χ3n) is 3.20. The first-order valence-electron chi connectivity index (χ1n) is 7.07. The van der Waals surface area contributed by atoms with Crippen LogP contribution in [-0.4, -0.2) is 35.6 Å². The van der Waals surface area contributed by atoms with Gasteiger partial charge in [-0.05, 0) is 24.9 Å². The zero-order valence-electron chi connectivity index (χ0n) is 12.0. The molecule has 0 heterocycles. The number of benzene rings is 1. The number of rotatable bonds is 9. The summed E-state index contributed by atoms with van der Waals surface area (Å²) in [5.74, 6) is -1.50. The molecule has 0 aliphatic heterocycles. The minimum Gasteiger partial charge on any atom is -0.480 e. The number of carbonyl (C=O) groups excluding carboxylic acids is 1. The van der Waals surface area contributed by atoms with E-state index >= 15 is 0 Å².